The van der Waals surface area contributed by atoms with Gasteiger partial charge in [0.25, 0.3) is 0 Å². The number of anilines is 2. The molecule has 0 radical (unpaired) electrons. The van der Waals surface area contributed by atoms with Gasteiger partial charge in [-0.05, 0) is 6.42 Å². The lowest BCUT2D eigenvalue weighted by molar-refractivity contribution is -0.119. The predicted molar refractivity (Wildman–Crippen MR) is 62.0 cm³/mol. The van der Waals surface area contributed by atoms with Crippen LogP contribution in [-0.4, -0.2) is 18.5 Å². The summed E-state index contributed by atoms with van der Waals surface area (Å²) in [7, 11) is 0. The number of carbonyl (C=O) groups excluding carboxylic acids is 1. The zero-order valence-corrected chi connectivity index (χ0v) is 9.70. The van der Waals surface area contributed by atoms with Crippen LogP contribution in [0, 0.1) is 23.0 Å². The molecule has 0 saturated carbocycles. The van der Waals surface area contributed by atoms with Crippen LogP contribution in [0.15, 0.2) is 12.1 Å². The Kier molecular flexibility index (Phi) is 3.15. The van der Waals surface area contributed by atoms with Gasteiger partial charge in [-0.1, -0.05) is 6.92 Å². The number of benzene rings is 1. The highest BCUT2D eigenvalue weighted by Crippen LogP contribution is 2.33. The van der Waals surface area contributed by atoms with Crippen LogP contribution in [0.3, 0.4) is 0 Å². The Balaban J connectivity index is 2.52. The first-order valence-corrected chi connectivity index (χ1v) is 5.52. The van der Waals surface area contributed by atoms with E-state index in [0.29, 0.717) is 12.1 Å². The zero-order chi connectivity index (χ0) is 13.3. The van der Waals surface area contributed by atoms with Crippen molar-refractivity contribution >= 4 is 17.3 Å². The van der Waals surface area contributed by atoms with Gasteiger partial charge in [-0.15, -0.1) is 0 Å². The molecule has 94 valence electrons. The summed E-state index contributed by atoms with van der Waals surface area (Å²) in [5.74, 6) is -2.33. The van der Waals surface area contributed by atoms with Crippen molar-refractivity contribution in [3.8, 4) is 6.07 Å². The van der Waals surface area contributed by atoms with Crippen LogP contribution < -0.4 is 10.2 Å². The van der Waals surface area contributed by atoms with Gasteiger partial charge in [0.15, 0.2) is 11.6 Å². The number of nitriles is 1. The first-order chi connectivity index (χ1) is 8.58. The van der Waals surface area contributed by atoms with Crippen molar-refractivity contribution < 1.29 is 13.6 Å². The average Bonchev–Trinajstić information content (AvgIpc) is 2.35. The molecule has 0 fully saturated rings. The summed E-state index contributed by atoms with van der Waals surface area (Å²) in [6, 6.07) is 3.26. The number of nitrogens with one attached hydrogen (secondary N) is 1. The lowest BCUT2D eigenvalue weighted by Gasteiger charge is -2.33. The molecule has 1 amide bonds. The number of amides is 1. The maximum absolute atomic E-state index is 13.2. The Morgan fingerprint density at radius 1 is 1.44 bits per heavy atom. The number of hydrogen-bond acceptors (Lipinski definition) is 3. The van der Waals surface area contributed by atoms with Gasteiger partial charge in [0.05, 0.1) is 17.4 Å². The normalized spacial score (nSPS) is 18.0. The highest BCUT2D eigenvalue weighted by Gasteiger charge is 2.32. The molecular weight excluding hydrogens is 240 g/mol. The van der Waals surface area contributed by atoms with Crippen molar-refractivity contribution in [2.45, 2.75) is 19.4 Å². The van der Waals surface area contributed by atoms with Crippen molar-refractivity contribution in [1.29, 1.82) is 5.26 Å². The number of fused-ring (bicyclic) bond motifs is 1. The van der Waals surface area contributed by atoms with Crippen LogP contribution in [0.1, 0.15) is 13.3 Å². The Hall–Kier alpha value is -2.16. The van der Waals surface area contributed by atoms with Crippen molar-refractivity contribution in [3.63, 3.8) is 0 Å². The van der Waals surface area contributed by atoms with Crippen molar-refractivity contribution in [2.24, 2.45) is 0 Å². The van der Waals surface area contributed by atoms with Gasteiger partial charge >= 0.3 is 0 Å². The van der Waals surface area contributed by atoms with Gasteiger partial charge in [0, 0.05) is 12.1 Å². The van der Waals surface area contributed by atoms with Gasteiger partial charge in [-0.25, -0.2) is 8.78 Å². The molecule has 18 heavy (non-hydrogen) atoms. The molecule has 1 heterocycles. The largest absolute Gasteiger partial charge is 0.372 e. The number of nitrogens with zero attached hydrogens (tertiary/aromatic N) is 2. The first kappa shape index (κ1) is 12.3. The van der Waals surface area contributed by atoms with Crippen molar-refractivity contribution in [3.05, 3.63) is 23.8 Å². The summed E-state index contributed by atoms with van der Waals surface area (Å²) < 4.78 is 26.4. The maximum Gasteiger partial charge on any atom is 0.250 e. The fraction of sp³-hybridized carbons (Fsp3) is 0.333. The van der Waals surface area contributed by atoms with E-state index in [-0.39, 0.29) is 18.1 Å². The molecular formula is C12H11F2N3O. The van der Waals surface area contributed by atoms with Gasteiger partial charge in [-0.2, -0.15) is 5.26 Å². The molecule has 1 atom stereocenters. The van der Waals surface area contributed by atoms with E-state index >= 15 is 0 Å². The van der Waals surface area contributed by atoms with Crippen molar-refractivity contribution in [1.82, 2.24) is 0 Å². The minimum absolute atomic E-state index is 0.185. The lowest BCUT2D eigenvalue weighted by Crippen LogP contribution is -2.47. The molecule has 2 rings (SSSR count). The van der Waals surface area contributed by atoms with E-state index in [9.17, 15) is 13.6 Å². The molecule has 0 saturated heterocycles. The topological polar surface area (TPSA) is 56.1 Å². The van der Waals surface area contributed by atoms with Crippen LogP contribution >= 0.6 is 0 Å². The molecule has 0 spiro atoms. The summed E-state index contributed by atoms with van der Waals surface area (Å²) in [5.41, 5.74) is 0.528. The van der Waals surface area contributed by atoms with E-state index in [1.165, 1.54) is 4.90 Å². The number of carbonyl (C=O) groups is 1. The van der Waals surface area contributed by atoms with Crippen LogP contribution in [-0.2, 0) is 4.79 Å². The SMILES string of the molecule is CCC1Nc2cc(F)c(F)cc2N(CC#N)C1=O. The van der Waals surface area contributed by atoms with E-state index in [1.54, 1.807) is 6.92 Å². The monoisotopic (exact) mass is 251 g/mol. The molecule has 0 aromatic heterocycles. The number of halogens is 2. The minimum Gasteiger partial charge on any atom is -0.372 e. The first-order valence-electron chi connectivity index (χ1n) is 5.52. The third kappa shape index (κ3) is 1.88. The van der Waals surface area contributed by atoms with E-state index in [0.717, 1.165) is 12.1 Å². The highest BCUT2D eigenvalue weighted by molar-refractivity contribution is 6.05. The van der Waals surface area contributed by atoms with Crippen molar-refractivity contribution in [2.75, 3.05) is 16.8 Å². The molecule has 1 aliphatic heterocycles. The second kappa shape index (κ2) is 4.61. The van der Waals surface area contributed by atoms with Crippen LogP contribution in [0.4, 0.5) is 20.2 Å². The Bertz CT molecular complexity index is 539. The van der Waals surface area contributed by atoms with E-state index in [2.05, 4.69) is 5.32 Å². The van der Waals surface area contributed by atoms with Gasteiger partial charge < -0.3 is 5.32 Å². The molecule has 6 heteroatoms. The fourth-order valence-corrected chi connectivity index (χ4v) is 1.94. The predicted octanol–water partition coefficient (Wildman–Crippen LogP) is 2.03. The molecule has 0 aliphatic carbocycles. The molecule has 1 aliphatic rings. The molecule has 1 aromatic carbocycles. The summed E-state index contributed by atoms with van der Waals surface area (Å²) in [6.07, 6.45) is 0.499. The Morgan fingerprint density at radius 2 is 2.11 bits per heavy atom. The Labute approximate surface area is 103 Å². The summed E-state index contributed by atoms with van der Waals surface area (Å²) >= 11 is 0. The van der Waals surface area contributed by atoms with E-state index < -0.39 is 17.7 Å². The van der Waals surface area contributed by atoms with Crippen LogP contribution in [0.25, 0.3) is 0 Å². The Morgan fingerprint density at radius 3 is 2.72 bits per heavy atom. The quantitative estimate of drug-likeness (QED) is 0.818. The second-order valence-corrected chi connectivity index (χ2v) is 3.97. The number of rotatable bonds is 2. The third-order valence-corrected chi connectivity index (χ3v) is 2.86. The zero-order valence-electron chi connectivity index (χ0n) is 9.70. The minimum atomic E-state index is -1.04. The summed E-state index contributed by atoms with van der Waals surface area (Å²) in [4.78, 5) is 13.2. The third-order valence-electron chi connectivity index (χ3n) is 2.86. The lowest BCUT2D eigenvalue weighted by atomic mass is 10.1. The average molecular weight is 251 g/mol. The second-order valence-electron chi connectivity index (χ2n) is 3.97. The van der Waals surface area contributed by atoms with Crippen LogP contribution in [0.2, 0.25) is 0 Å². The molecule has 4 nitrogen and oxygen atoms in total. The smallest absolute Gasteiger partial charge is 0.250 e. The fourth-order valence-electron chi connectivity index (χ4n) is 1.94. The van der Waals surface area contributed by atoms with E-state index in [4.69, 9.17) is 5.26 Å². The maximum atomic E-state index is 13.2. The summed E-state index contributed by atoms with van der Waals surface area (Å²) in [5, 5.41) is 11.6. The highest BCUT2D eigenvalue weighted by atomic mass is 19.2. The van der Waals surface area contributed by atoms with Gasteiger partial charge in [0.2, 0.25) is 5.91 Å². The number of hydrogen-bond donors (Lipinski definition) is 1. The van der Waals surface area contributed by atoms with Crippen LogP contribution in [0.5, 0.6) is 0 Å². The standard InChI is InChI=1S/C12H11F2N3O/c1-2-9-12(18)17(4-3-15)11-6-8(14)7(13)5-10(11)16-9/h5-6,9,16H,2,4H2,1H3. The molecule has 1 N–H and O–H groups in total. The summed E-state index contributed by atoms with van der Waals surface area (Å²) in [6.45, 7) is 1.61. The van der Waals surface area contributed by atoms with Gasteiger partial charge in [-0.3, -0.25) is 9.69 Å². The molecule has 0 bridgehead atoms. The molecule has 1 unspecified atom stereocenters. The van der Waals surface area contributed by atoms with Gasteiger partial charge in [0.1, 0.15) is 12.6 Å². The molecule has 1 aromatic rings. The van der Waals surface area contributed by atoms with E-state index in [1.807, 2.05) is 6.07 Å².